The summed E-state index contributed by atoms with van der Waals surface area (Å²) in [5.74, 6) is -3.96. The number of carbonyl (C=O) groups excluding carboxylic acids is 4. The summed E-state index contributed by atoms with van der Waals surface area (Å²) in [6, 6.07) is 39.5. The van der Waals surface area contributed by atoms with Crippen molar-refractivity contribution < 1.29 is 23.9 Å². The summed E-state index contributed by atoms with van der Waals surface area (Å²) in [6.07, 6.45) is 0. The molecule has 2 amide bonds. The number of Topliss-reactive ketones (excluding diaryl/α,β-unsaturated/α-hetero) is 1. The van der Waals surface area contributed by atoms with Crippen LogP contribution in [0.15, 0.2) is 133 Å². The van der Waals surface area contributed by atoms with Gasteiger partial charge in [-0.15, -0.1) is 0 Å². The van der Waals surface area contributed by atoms with Crippen LogP contribution in [0.25, 0.3) is 11.1 Å². The third-order valence-corrected chi connectivity index (χ3v) is 10.9. The van der Waals surface area contributed by atoms with Gasteiger partial charge in [0.15, 0.2) is 5.78 Å². The third-order valence-electron chi connectivity index (χ3n) is 10.4. The number of ketones is 1. The SMILES string of the molecule is CCOC(=O)c1ccc(N2C(=O)C3C(C2=O)C2(c4ccc(Cl)cc4)C(=O)C3(c3ccc(Cl)cc3)C(c3ccccc3)=C2c2ccccc2)cc1. The molecule has 1 saturated carbocycles. The molecule has 0 radical (unpaired) electrons. The van der Waals surface area contributed by atoms with Crippen molar-refractivity contribution in [1.29, 1.82) is 0 Å². The molecule has 8 rings (SSSR count). The van der Waals surface area contributed by atoms with E-state index in [9.17, 15) is 4.79 Å². The molecule has 0 aromatic heterocycles. The largest absolute Gasteiger partial charge is 0.462 e. The zero-order valence-electron chi connectivity index (χ0n) is 26.8. The number of hydrogen-bond acceptors (Lipinski definition) is 5. The Balaban J connectivity index is 1.47. The summed E-state index contributed by atoms with van der Waals surface area (Å²) >= 11 is 12.8. The van der Waals surface area contributed by atoms with Crippen LogP contribution in [0, 0.1) is 11.8 Å². The molecule has 6 nitrogen and oxygen atoms in total. The first-order valence-corrected chi connectivity index (χ1v) is 17.1. The summed E-state index contributed by atoms with van der Waals surface area (Å²) in [5, 5.41) is 0.944. The Labute approximate surface area is 298 Å². The van der Waals surface area contributed by atoms with Crippen molar-refractivity contribution in [2.45, 2.75) is 17.8 Å². The van der Waals surface area contributed by atoms with E-state index in [0.29, 0.717) is 43.6 Å². The van der Waals surface area contributed by atoms with Crippen LogP contribution in [0.3, 0.4) is 0 Å². The van der Waals surface area contributed by atoms with Crippen molar-refractivity contribution in [2.75, 3.05) is 11.5 Å². The molecule has 4 atom stereocenters. The first kappa shape index (κ1) is 31.9. The Morgan fingerprint density at radius 1 is 0.620 bits per heavy atom. The van der Waals surface area contributed by atoms with Crippen LogP contribution in [-0.2, 0) is 30.0 Å². The molecule has 4 unspecified atom stereocenters. The van der Waals surface area contributed by atoms with Crippen molar-refractivity contribution in [3.63, 3.8) is 0 Å². The molecule has 3 aliphatic rings. The van der Waals surface area contributed by atoms with E-state index in [-0.39, 0.29) is 12.4 Å². The predicted octanol–water partition coefficient (Wildman–Crippen LogP) is 8.36. The van der Waals surface area contributed by atoms with Gasteiger partial charge >= 0.3 is 5.97 Å². The number of nitrogens with zero attached hydrogens (tertiary/aromatic N) is 1. The molecule has 246 valence electrons. The van der Waals surface area contributed by atoms with Gasteiger partial charge in [0.25, 0.3) is 0 Å². The van der Waals surface area contributed by atoms with Crippen molar-refractivity contribution in [1.82, 2.24) is 0 Å². The van der Waals surface area contributed by atoms with Gasteiger partial charge in [0.2, 0.25) is 11.8 Å². The van der Waals surface area contributed by atoms with Crippen LogP contribution in [-0.4, -0.2) is 30.2 Å². The van der Waals surface area contributed by atoms with Crippen LogP contribution in [0.2, 0.25) is 10.0 Å². The number of allylic oxidation sites excluding steroid dienone is 2. The molecule has 8 heteroatoms. The minimum absolute atomic E-state index is 0.209. The zero-order chi connectivity index (χ0) is 34.8. The highest BCUT2D eigenvalue weighted by molar-refractivity contribution is 6.39. The lowest BCUT2D eigenvalue weighted by molar-refractivity contribution is -0.130. The van der Waals surface area contributed by atoms with Gasteiger partial charge in [-0.05, 0) is 88.9 Å². The quantitative estimate of drug-likeness (QED) is 0.126. The van der Waals surface area contributed by atoms with Gasteiger partial charge in [0.05, 0.1) is 40.5 Å². The highest BCUT2D eigenvalue weighted by Gasteiger charge is 2.82. The molecular formula is C42H29Cl2NO5. The van der Waals surface area contributed by atoms with Crippen molar-refractivity contribution in [2.24, 2.45) is 11.8 Å². The molecule has 5 aromatic rings. The number of esters is 1. The first-order valence-electron chi connectivity index (χ1n) is 16.3. The van der Waals surface area contributed by atoms with Crippen LogP contribution in [0.5, 0.6) is 0 Å². The summed E-state index contributed by atoms with van der Waals surface area (Å²) in [6.45, 7) is 1.93. The number of rotatable bonds is 7. The fourth-order valence-corrected chi connectivity index (χ4v) is 8.82. The molecule has 1 saturated heterocycles. The molecule has 2 fully saturated rings. The number of amides is 2. The van der Waals surface area contributed by atoms with Crippen molar-refractivity contribution >= 4 is 63.6 Å². The molecule has 0 spiro atoms. The minimum atomic E-state index is -1.58. The van der Waals surface area contributed by atoms with E-state index < -0.39 is 40.4 Å². The topological polar surface area (TPSA) is 80.8 Å². The molecule has 2 aliphatic carbocycles. The number of benzene rings is 5. The summed E-state index contributed by atoms with van der Waals surface area (Å²) in [5.41, 5.74) is 1.46. The summed E-state index contributed by atoms with van der Waals surface area (Å²) in [7, 11) is 0. The molecule has 1 heterocycles. The van der Waals surface area contributed by atoms with Crippen LogP contribution in [0.4, 0.5) is 5.69 Å². The average Bonchev–Trinajstić information content (AvgIpc) is 3.65. The molecular weight excluding hydrogens is 669 g/mol. The maximum atomic E-state index is 16.0. The van der Waals surface area contributed by atoms with Crippen LogP contribution in [0.1, 0.15) is 39.5 Å². The lowest BCUT2D eigenvalue weighted by Gasteiger charge is -2.39. The maximum Gasteiger partial charge on any atom is 0.338 e. The zero-order valence-corrected chi connectivity index (χ0v) is 28.3. The van der Waals surface area contributed by atoms with Crippen molar-refractivity contribution in [3.05, 3.63) is 171 Å². The summed E-state index contributed by atoms with van der Waals surface area (Å²) < 4.78 is 5.15. The van der Waals surface area contributed by atoms with E-state index in [0.717, 1.165) is 11.1 Å². The average molecular weight is 699 g/mol. The van der Waals surface area contributed by atoms with Gasteiger partial charge in [-0.2, -0.15) is 0 Å². The van der Waals surface area contributed by atoms with Gasteiger partial charge in [-0.25, -0.2) is 9.69 Å². The van der Waals surface area contributed by atoms with Crippen LogP contribution < -0.4 is 4.90 Å². The first-order chi connectivity index (χ1) is 24.3. The van der Waals surface area contributed by atoms with Gasteiger partial charge < -0.3 is 4.74 Å². The Morgan fingerprint density at radius 3 is 1.44 bits per heavy atom. The molecule has 50 heavy (non-hydrogen) atoms. The van der Waals surface area contributed by atoms with Gasteiger partial charge in [0.1, 0.15) is 0 Å². The maximum absolute atomic E-state index is 16.0. The number of anilines is 1. The molecule has 0 N–H and O–H groups in total. The second-order valence-corrected chi connectivity index (χ2v) is 13.5. The van der Waals surface area contributed by atoms with Gasteiger partial charge in [0, 0.05) is 10.0 Å². The second-order valence-electron chi connectivity index (χ2n) is 12.7. The number of halogens is 2. The highest BCUT2D eigenvalue weighted by Crippen LogP contribution is 2.74. The normalized spacial score (nSPS) is 23.8. The number of carbonyl (C=O) groups is 4. The Hall–Kier alpha value is -5.30. The molecule has 1 aliphatic heterocycles. The Kier molecular flexibility index (Phi) is 7.62. The lowest BCUT2D eigenvalue weighted by Crippen LogP contribution is -2.45. The number of imide groups is 1. The van der Waals surface area contributed by atoms with E-state index in [1.165, 1.54) is 17.0 Å². The van der Waals surface area contributed by atoms with Gasteiger partial charge in [-0.1, -0.05) is 108 Å². The van der Waals surface area contributed by atoms with E-state index >= 15 is 14.4 Å². The lowest BCUT2D eigenvalue weighted by atomic mass is 9.59. The van der Waals surface area contributed by atoms with E-state index in [1.54, 1.807) is 67.6 Å². The second kappa shape index (κ2) is 11.9. The van der Waals surface area contributed by atoms with Crippen molar-refractivity contribution in [3.8, 4) is 0 Å². The Morgan fingerprint density at radius 2 is 1.04 bits per heavy atom. The summed E-state index contributed by atoms with van der Waals surface area (Å²) in [4.78, 5) is 59.9. The van der Waals surface area contributed by atoms with E-state index in [2.05, 4.69) is 0 Å². The standard InChI is InChI=1S/C42H29Cl2NO5/c1-2-50-39(48)27-13-23-32(24-14-27)45-37(46)35-36(38(45)47)42(29-17-21-31(44)22-18-29)34(26-11-7-4-8-12-26)33(25-9-5-3-6-10-25)41(35,40(42)49)28-15-19-30(43)20-16-28/h3-24,35-36H,2H2,1H3. The predicted molar refractivity (Wildman–Crippen MR) is 193 cm³/mol. The monoisotopic (exact) mass is 697 g/mol. The third kappa shape index (κ3) is 4.28. The van der Waals surface area contributed by atoms with Crippen LogP contribution >= 0.6 is 23.2 Å². The molecule has 5 aromatic carbocycles. The van der Waals surface area contributed by atoms with E-state index in [1.807, 2.05) is 60.7 Å². The smallest absolute Gasteiger partial charge is 0.338 e. The number of hydrogen-bond donors (Lipinski definition) is 0. The number of fused-ring (bicyclic) bond motifs is 5. The Bertz CT molecular complexity index is 2090. The highest BCUT2D eigenvalue weighted by atomic mass is 35.5. The fourth-order valence-electron chi connectivity index (χ4n) is 8.57. The molecule has 2 bridgehead atoms. The minimum Gasteiger partial charge on any atom is -0.462 e. The number of ether oxygens (including phenoxy) is 1. The fraction of sp³-hybridized carbons (Fsp3) is 0.143. The van der Waals surface area contributed by atoms with E-state index in [4.69, 9.17) is 27.9 Å². The van der Waals surface area contributed by atoms with Gasteiger partial charge in [-0.3, -0.25) is 14.4 Å².